The van der Waals surface area contributed by atoms with Crippen molar-refractivity contribution in [2.24, 2.45) is 0 Å². The number of hydrogen-bond donors (Lipinski definition) is 0. The van der Waals surface area contributed by atoms with Crippen LogP contribution >= 0.6 is 23.2 Å². The molecule has 1 aromatic heterocycles. The minimum absolute atomic E-state index is 0.215. The fraction of sp³-hybridized carbons (Fsp3) is 0.308. The van der Waals surface area contributed by atoms with E-state index in [1.807, 2.05) is 18.2 Å². The van der Waals surface area contributed by atoms with Gasteiger partial charge in [-0.15, -0.1) is 0 Å². The van der Waals surface area contributed by atoms with Crippen molar-refractivity contribution in [2.45, 2.75) is 26.3 Å². The van der Waals surface area contributed by atoms with Crippen LogP contribution in [0.25, 0.3) is 0 Å². The van der Waals surface area contributed by atoms with Gasteiger partial charge in [0.05, 0.1) is 16.1 Å². The summed E-state index contributed by atoms with van der Waals surface area (Å²) < 4.78 is 1.50. The average molecular weight is 297 g/mol. The van der Waals surface area contributed by atoms with Crippen molar-refractivity contribution in [3.05, 3.63) is 46.5 Å². The highest BCUT2D eigenvalue weighted by Gasteiger charge is 2.00. The number of aromatic nitrogens is 3. The third kappa shape index (κ3) is 4.55. The smallest absolute Gasteiger partial charge is 0.137 e. The van der Waals surface area contributed by atoms with Crippen molar-refractivity contribution in [3.63, 3.8) is 0 Å². The number of hydrogen-bond acceptors (Lipinski definition) is 3. The van der Waals surface area contributed by atoms with Gasteiger partial charge in [-0.3, -0.25) is 0 Å². The predicted octanol–water partition coefficient (Wildman–Crippen LogP) is 3.92. The summed E-state index contributed by atoms with van der Waals surface area (Å²) in [7, 11) is 0. The van der Waals surface area contributed by atoms with Crippen molar-refractivity contribution < 1.29 is 0 Å². The molecule has 0 aliphatic carbocycles. The Bertz CT molecular complexity index is 546. The first-order valence-electron chi connectivity index (χ1n) is 5.76. The summed E-state index contributed by atoms with van der Waals surface area (Å²) in [4.78, 5) is 3.69. The SMILES string of the molecule is CC(C#N)n1cncn1.CCc1cccc(Cl)c1Cl. The molecule has 4 nitrogen and oxygen atoms in total. The van der Waals surface area contributed by atoms with Gasteiger partial charge >= 0.3 is 0 Å². The molecule has 0 aliphatic heterocycles. The Kier molecular flexibility index (Phi) is 6.34. The lowest BCUT2D eigenvalue weighted by molar-refractivity contribution is 0.589. The second-order valence-corrected chi connectivity index (χ2v) is 4.53. The molecular formula is C13H14Cl2N4. The Morgan fingerprint density at radius 2 is 2.16 bits per heavy atom. The molecule has 0 saturated heterocycles. The fourth-order valence-electron chi connectivity index (χ4n) is 1.30. The predicted molar refractivity (Wildman–Crippen MR) is 76.2 cm³/mol. The largest absolute Gasteiger partial charge is 0.236 e. The van der Waals surface area contributed by atoms with Crippen molar-refractivity contribution in [2.75, 3.05) is 0 Å². The normalized spacial score (nSPS) is 11.1. The average Bonchev–Trinajstić information content (AvgIpc) is 2.96. The summed E-state index contributed by atoms with van der Waals surface area (Å²) in [6, 6.07) is 7.50. The molecule has 19 heavy (non-hydrogen) atoms. The maximum atomic E-state index is 8.37. The highest BCUT2D eigenvalue weighted by atomic mass is 35.5. The van der Waals surface area contributed by atoms with Crippen molar-refractivity contribution in [1.29, 1.82) is 5.26 Å². The van der Waals surface area contributed by atoms with Crippen LogP contribution < -0.4 is 0 Å². The van der Waals surface area contributed by atoms with Crippen molar-refractivity contribution in [1.82, 2.24) is 14.8 Å². The van der Waals surface area contributed by atoms with E-state index < -0.39 is 0 Å². The standard InChI is InChI=1S/C8H8Cl2.C5H6N4/c1-2-6-4-3-5-7(9)8(6)10;1-5(2-6)9-4-7-3-8-9/h3-5H,2H2,1H3;3-5H,1H3. The molecule has 0 N–H and O–H groups in total. The maximum Gasteiger partial charge on any atom is 0.137 e. The van der Waals surface area contributed by atoms with Gasteiger partial charge in [-0.05, 0) is 25.0 Å². The van der Waals surface area contributed by atoms with Gasteiger partial charge in [0.15, 0.2) is 0 Å². The van der Waals surface area contributed by atoms with Crippen LogP contribution in [-0.4, -0.2) is 14.8 Å². The van der Waals surface area contributed by atoms with Crippen LogP contribution in [0, 0.1) is 11.3 Å². The highest BCUT2D eigenvalue weighted by Crippen LogP contribution is 2.25. The van der Waals surface area contributed by atoms with Crippen LogP contribution in [0.3, 0.4) is 0 Å². The molecule has 0 aliphatic rings. The molecule has 2 aromatic rings. The van der Waals surface area contributed by atoms with Crippen LogP contribution in [0.2, 0.25) is 10.0 Å². The molecule has 100 valence electrons. The Hall–Kier alpha value is -1.57. The van der Waals surface area contributed by atoms with Crippen LogP contribution in [0.5, 0.6) is 0 Å². The van der Waals surface area contributed by atoms with Gasteiger partial charge in [-0.25, -0.2) is 9.67 Å². The summed E-state index contributed by atoms with van der Waals surface area (Å²) in [5.74, 6) is 0. The van der Waals surface area contributed by atoms with E-state index in [0.717, 1.165) is 12.0 Å². The number of nitriles is 1. The maximum absolute atomic E-state index is 8.37. The molecule has 0 bridgehead atoms. The number of benzene rings is 1. The van der Waals surface area contributed by atoms with Crippen LogP contribution in [-0.2, 0) is 6.42 Å². The lowest BCUT2D eigenvalue weighted by Crippen LogP contribution is -2.01. The molecule has 1 heterocycles. The molecule has 2 rings (SSSR count). The van der Waals surface area contributed by atoms with Gasteiger partial charge in [0.2, 0.25) is 0 Å². The van der Waals surface area contributed by atoms with E-state index in [4.69, 9.17) is 28.5 Å². The van der Waals surface area contributed by atoms with Gasteiger partial charge in [0, 0.05) is 0 Å². The molecule has 6 heteroatoms. The molecular weight excluding hydrogens is 283 g/mol. The number of halogens is 2. The fourth-order valence-corrected chi connectivity index (χ4v) is 1.75. The van der Waals surface area contributed by atoms with E-state index in [9.17, 15) is 0 Å². The van der Waals surface area contributed by atoms with E-state index in [0.29, 0.717) is 10.0 Å². The highest BCUT2D eigenvalue weighted by molar-refractivity contribution is 6.42. The van der Waals surface area contributed by atoms with Crippen LogP contribution in [0.4, 0.5) is 0 Å². The monoisotopic (exact) mass is 296 g/mol. The number of rotatable bonds is 2. The lowest BCUT2D eigenvalue weighted by atomic mass is 10.2. The molecule has 1 unspecified atom stereocenters. The summed E-state index contributed by atoms with van der Waals surface area (Å²) >= 11 is 11.6. The third-order valence-corrected chi connectivity index (χ3v) is 3.29. The van der Waals surface area contributed by atoms with Gasteiger partial charge < -0.3 is 0 Å². The number of nitrogens with zero attached hydrogens (tertiary/aromatic N) is 4. The number of aryl methyl sites for hydroxylation is 1. The quantitative estimate of drug-likeness (QED) is 0.844. The second-order valence-electron chi connectivity index (χ2n) is 3.75. The molecule has 1 atom stereocenters. The Morgan fingerprint density at radius 1 is 1.42 bits per heavy atom. The van der Waals surface area contributed by atoms with E-state index >= 15 is 0 Å². The zero-order chi connectivity index (χ0) is 14.3. The zero-order valence-corrected chi connectivity index (χ0v) is 12.2. The molecule has 0 amide bonds. The first-order valence-corrected chi connectivity index (χ1v) is 6.52. The molecule has 0 saturated carbocycles. The molecule has 0 spiro atoms. The van der Waals surface area contributed by atoms with Gasteiger partial charge in [0.1, 0.15) is 18.7 Å². The molecule has 0 fully saturated rings. The van der Waals surface area contributed by atoms with E-state index in [1.54, 1.807) is 13.0 Å². The summed E-state index contributed by atoms with van der Waals surface area (Å²) in [5, 5.41) is 13.5. The Morgan fingerprint density at radius 3 is 2.63 bits per heavy atom. The first kappa shape index (κ1) is 15.5. The minimum Gasteiger partial charge on any atom is -0.236 e. The van der Waals surface area contributed by atoms with Crippen molar-refractivity contribution >= 4 is 23.2 Å². The summed E-state index contributed by atoms with van der Waals surface area (Å²) in [6.45, 7) is 3.81. The van der Waals surface area contributed by atoms with E-state index in [2.05, 4.69) is 17.0 Å². The Labute approximate surface area is 122 Å². The minimum atomic E-state index is -0.215. The zero-order valence-electron chi connectivity index (χ0n) is 10.7. The first-order chi connectivity index (χ1) is 9.10. The lowest BCUT2D eigenvalue weighted by Gasteiger charge is -2.00. The van der Waals surface area contributed by atoms with E-state index in [-0.39, 0.29) is 6.04 Å². The molecule has 1 aromatic carbocycles. The third-order valence-electron chi connectivity index (χ3n) is 2.43. The van der Waals surface area contributed by atoms with Crippen molar-refractivity contribution in [3.8, 4) is 6.07 Å². The summed E-state index contributed by atoms with van der Waals surface area (Å²) in [5.41, 5.74) is 1.11. The topological polar surface area (TPSA) is 54.5 Å². The van der Waals surface area contributed by atoms with Crippen LogP contribution in [0.15, 0.2) is 30.9 Å². The van der Waals surface area contributed by atoms with Gasteiger partial charge in [-0.2, -0.15) is 10.4 Å². The second kappa shape index (κ2) is 7.78. The van der Waals surface area contributed by atoms with E-state index in [1.165, 1.54) is 17.3 Å². The Balaban J connectivity index is 0.000000191. The van der Waals surface area contributed by atoms with Gasteiger partial charge in [-0.1, -0.05) is 42.3 Å². The van der Waals surface area contributed by atoms with Crippen LogP contribution in [0.1, 0.15) is 25.5 Å². The summed E-state index contributed by atoms with van der Waals surface area (Å²) in [6.07, 6.45) is 3.86. The molecule has 0 radical (unpaired) electrons. The van der Waals surface area contributed by atoms with Gasteiger partial charge in [0.25, 0.3) is 0 Å².